The molecule has 0 spiro atoms. The van der Waals surface area contributed by atoms with Crippen LogP contribution in [0.4, 0.5) is 5.69 Å². The second kappa shape index (κ2) is 8.84. The van der Waals surface area contributed by atoms with Crippen LogP contribution in [0.15, 0.2) is 36.4 Å². The predicted octanol–water partition coefficient (Wildman–Crippen LogP) is 4.73. The van der Waals surface area contributed by atoms with Gasteiger partial charge in [0.1, 0.15) is 13.2 Å². The lowest BCUT2D eigenvalue weighted by atomic mass is 9.94. The number of fused-ring (bicyclic) bond motifs is 1. The van der Waals surface area contributed by atoms with Gasteiger partial charge in [-0.15, -0.1) is 0 Å². The number of nitrogens with one attached hydrogen (secondary N) is 2. The van der Waals surface area contributed by atoms with Crippen molar-refractivity contribution in [2.75, 3.05) is 18.5 Å². The molecule has 5 nitrogen and oxygen atoms in total. The van der Waals surface area contributed by atoms with Gasteiger partial charge in [0, 0.05) is 16.8 Å². The number of rotatable bonds is 6. The van der Waals surface area contributed by atoms with Crippen molar-refractivity contribution >= 4 is 23.2 Å². The third-order valence-electron chi connectivity index (χ3n) is 4.87. The molecule has 0 aromatic heterocycles. The number of hydrogen-bond donors (Lipinski definition) is 2. The molecule has 6 heteroatoms. The lowest BCUT2D eigenvalue weighted by Crippen LogP contribution is -2.41. The quantitative estimate of drug-likeness (QED) is 0.733. The van der Waals surface area contributed by atoms with Gasteiger partial charge in [-0.1, -0.05) is 37.6 Å². The summed E-state index contributed by atoms with van der Waals surface area (Å²) >= 11 is 6.05. The number of aryl methyl sites for hydroxylation is 1. The Morgan fingerprint density at radius 1 is 1.04 bits per heavy atom. The van der Waals surface area contributed by atoms with Gasteiger partial charge in [-0.05, 0) is 55.2 Å². The van der Waals surface area contributed by atoms with E-state index in [2.05, 4.69) is 24.5 Å². The zero-order valence-corrected chi connectivity index (χ0v) is 17.5. The molecule has 150 valence electrons. The van der Waals surface area contributed by atoms with Gasteiger partial charge in [0.25, 0.3) is 0 Å². The SMILES string of the molecule is Cc1ccc(Cl)cc1NC(=O)[C@@H](C)N[C@@H](c1ccc2c(c1)OCCO2)C(C)C. The van der Waals surface area contributed by atoms with Crippen LogP contribution in [0.3, 0.4) is 0 Å². The van der Waals surface area contributed by atoms with E-state index in [9.17, 15) is 4.79 Å². The number of amides is 1. The predicted molar refractivity (Wildman–Crippen MR) is 112 cm³/mol. The van der Waals surface area contributed by atoms with E-state index >= 15 is 0 Å². The van der Waals surface area contributed by atoms with E-state index in [1.165, 1.54) is 0 Å². The maximum atomic E-state index is 12.7. The Morgan fingerprint density at radius 3 is 2.46 bits per heavy atom. The maximum Gasteiger partial charge on any atom is 0.241 e. The van der Waals surface area contributed by atoms with E-state index in [1.807, 2.05) is 44.2 Å². The second-order valence-corrected chi connectivity index (χ2v) is 7.90. The van der Waals surface area contributed by atoms with Gasteiger partial charge < -0.3 is 14.8 Å². The molecule has 1 aliphatic rings. The molecule has 1 amide bonds. The largest absolute Gasteiger partial charge is 0.486 e. The Labute approximate surface area is 171 Å². The van der Waals surface area contributed by atoms with E-state index in [0.717, 1.165) is 28.3 Å². The molecule has 0 radical (unpaired) electrons. The molecule has 0 aliphatic carbocycles. The first-order valence-electron chi connectivity index (χ1n) is 9.57. The number of halogens is 1. The van der Waals surface area contributed by atoms with Crippen molar-refractivity contribution in [2.45, 2.75) is 39.8 Å². The van der Waals surface area contributed by atoms with Crippen LogP contribution in [0.1, 0.15) is 37.9 Å². The first-order chi connectivity index (χ1) is 13.3. The highest BCUT2D eigenvalue weighted by Gasteiger charge is 2.24. The van der Waals surface area contributed by atoms with Crippen molar-refractivity contribution in [3.63, 3.8) is 0 Å². The summed E-state index contributed by atoms with van der Waals surface area (Å²) in [6.07, 6.45) is 0. The van der Waals surface area contributed by atoms with Crippen molar-refractivity contribution in [2.24, 2.45) is 5.92 Å². The van der Waals surface area contributed by atoms with Crippen molar-refractivity contribution in [3.05, 3.63) is 52.5 Å². The van der Waals surface area contributed by atoms with Crippen LogP contribution in [0.5, 0.6) is 11.5 Å². The first-order valence-corrected chi connectivity index (χ1v) is 9.95. The Balaban J connectivity index is 1.73. The lowest BCUT2D eigenvalue weighted by Gasteiger charge is -2.28. The fourth-order valence-electron chi connectivity index (χ4n) is 3.24. The highest BCUT2D eigenvalue weighted by molar-refractivity contribution is 6.31. The van der Waals surface area contributed by atoms with Crippen LogP contribution in [0.2, 0.25) is 5.02 Å². The van der Waals surface area contributed by atoms with Crippen molar-refractivity contribution < 1.29 is 14.3 Å². The zero-order valence-electron chi connectivity index (χ0n) is 16.7. The van der Waals surface area contributed by atoms with Crippen LogP contribution in [-0.4, -0.2) is 25.2 Å². The minimum absolute atomic E-state index is 0.00275. The minimum Gasteiger partial charge on any atom is -0.486 e. The van der Waals surface area contributed by atoms with Crippen molar-refractivity contribution in [1.82, 2.24) is 5.32 Å². The van der Waals surface area contributed by atoms with Gasteiger partial charge in [-0.2, -0.15) is 0 Å². The topological polar surface area (TPSA) is 59.6 Å². The molecule has 2 aromatic carbocycles. The highest BCUT2D eigenvalue weighted by atomic mass is 35.5. The van der Waals surface area contributed by atoms with E-state index in [4.69, 9.17) is 21.1 Å². The molecule has 2 N–H and O–H groups in total. The molecule has 0 fully saturated rings. The number of hydrogen-bond acceptors (Lipinski definition) is 4. The van der Waals surface area contributed by atoms with Crippen LogP contribution in [0, 0.1) is 12.8 Å². The fourth-order valence-corrected chi connectivity index (χ4v) is 3.41. The summed E-state index contributed by atoms with van der Waals surface area (Å²) in [5, 5.41) is 7.01. The molecular weight excluding hydrogens is 376 g/mol. The van der Waals surface area contributed by atoms with Gasteiger partial charge in [0.2, 0.25) is 5.91 Å². The second-order valence-electron chi connectivity index (χ2n) is 7.46. The van der Waals surface area contributed by atoms with Gasteiger partial charge in [0.15, 0.2) is 11.5 Å². The molecule has 0 bridgehead atoms. The van der Waals surface area contributed by atoms with E-state index in [0.29, 0.717) is 18.2 Å². The normalized spacial score (nSPS) is 15.2. The molecule has 1 heterocycles. The monoisotopic (exact) mass is 402 g/mol. The Bertz CT molecular complexity index is 854. The molecule has 28 heavy (non-hydrogen) atoms. The van der Waals surface area contributed by atoms with Gasteiger partial charge >= 0.3 is 0 Å². The molecule has 2 atom stereocenters. The summed E-state index contributed by atoms with van der Waals surface area (Å²) in [4.78, 5) is 12.7. The number of benzene rings is 2. The van der Waals surface area contributed by atoms with E-state index in [-0.39, 0.29) is 23.9 Å². The standard InChI is InChI=1S/C22H27ClN2O3/c1-13(2)21(16-6-8-19-20(11-16)28-10-9-27-19)24-15(4)22(26)25-18-12-17(23)7-5-14(18)3/h5-8,11-13,15,21,24H,9-10H2,1-4H3,(H,25,26)/t15-,21-/m1/s1. The summed E-state index contributed by atoms with van der Waals surface area (Å²) < 4.78 is 11.3. The molecule has 0 saturated heterocycles. The Kier molecular flexibility index (Phi) is 6.47. The molecule has 0 saturated carbocycles. The van der Waals surface area contributed by atoms with Crippen molar-refractivity contribution in [1.29, 1.82) is 0 Å². The van der Waals surface area contributed by atoms with Crippen LogP contribution < -0.4 is 20.1 Å². The smallest absolute Gasteiger partial charge is 0.241 e. The minimum atomic E-state index is -0.390. The molecular formula is C22H27ClN2O3. The molecule has 2 aromatic rings. The summed E-state index contributed by atoms with van der Waals surface area (Å²) in [5.74, 6) is 1.70. The van der Waals surface area contributed by atoms with Crippen molar-refractivity contribution in [3.8, 4) is 11.5 Å². The number of carbonyl (C=O) groups is 1. The lowest BCUT2D eigenvalue weighted by molar-refractivity contribution is -0.118. The Morgan fingerprint density at radius 2 is 1.75 bits per heavy atom. The summed E-state index contributed by atoms with van der Waals surface area (Å²) in [5.41, 5.74) is 2.77. The third-order valence-corrected chi connectivity index (χ3v) is 5.11. The Hall–Kier alpha value is -2.24. The molecule has 0 unspecified atom stereocenters. The van der Waals surface area contributed by atoms with Gasteiger partial charge in [-0.3, -0.25) is 10.1 Å². The average Bonchev–Trinajstić information content (AvgIpc) is 2.68. The fraction of sp³-hybridized carbons (Fsp3) is 0.409. The zero-order chi connectivity index (χ0) is 20.3. The number of carbonyl (C=O) groups excluding carboxylic acids is 1. The van der Waals surface area contributed by atoms with Crippen LogP contribution in [0.25, 0.3) is 0 Å². The summed E-state index contributed by atoms with van der Waals surface area (Å²) in [6.45, 7) is 9.17. The summed E-state index contributed by atoms with van der Waals surface area (Å²) in [7, 11) is 0. The summed E-state index contributed by atoms with van der Waals surface area (Å²) in [6, 6.07) is 11.0. The number of ether oxygens (including phenoxy) is 2. The number of anilines is 1. The van der Waals surface area contributed by atoms with E-state index < -0.39 is 0 Å². The molecule has 3 rings (SSSR count). The van der Waals surface area contributed by atoms with Crippen LogP contribution >= 0.6 is 11.6 Å². The third kappa shape index (κ3) is 4.78. The highest BCUT2D eigenvalue weighted by Crippen LogP contribution is 2.34. The molecule has 1 aliphatic heterocycles. The van der Waals surface area contributed by atoms with Gasteiger partial charge in [-0.25, -0.2) is 0 Å². The van der Waals surface area contributed by atoms with Crippen LogP contribution in [-0.2, 0) is 4.79 Å². The average molecular weight is 403 g/mol. The first kappa shape index (κ1) is 20.5. The maximum absolute atomic E-state index is 12.7. The van der Waals surface area contributed by atoms with Gasteiger partial charge in [0.05, 0.1) is 6.04 Å². The van der Waals surface area contributed by atoms with E-state index in [1.54, 1.807) is 6.07 Å².